The molecule has 0 aromatic heterocycles. The van der Waals surface area contributed by atoms with Gasteiger partial charge in [0, 0.05) is 60.3 Å². The number of rotatable bonds is 22. The first-order chi connectivity index (χ1) is 31.5. The number of piperidine rings is 1. The largest absolute Gasteiger partial charge is 0.480 e. The topological polar surface area (TPSA) is 204 Å². The molecule has 0 unspecified atom stereocenters. The van der Waals surface area contributed by atoms with Crippen molar-refractivity contribution < 1.29 is 52.9 Å². The van der Waals surface area contributed by atoms with Crippen LogP contribution < -0.4 is 10.6 Å². The van der Waals surface area contributed by atoms with Gasteiger partial charge in [0.05, 0.1) is 36.6 Å². The lowest BCUT2D eigenvalue weighted by Crippen LogP contribution is -2.60. The summed E-state index contributed by atoms with van der Waals surface area (Å²) in [7, 11) is 6.25. The molecule has 1 aromatic rings. The van der Waals surface area contributed by atoms with E-state index in [0.29, 0.717) is 25.8 Å². The minimum atomic E-state index is -1.16. The van der Waals surface area contributed by atoms with Gasteiger partial charge in [0.1, 0.15) is 23.7 Å². The molecule has 1 aromatic carbocycles. The van der Waals surface area contributed by atoms with E-state index in [9.17, 15) is 38.7 Å². The van der Waals surface area contributed by atoms with Crippen LogP contribution >= 0.6 is 0 Å². The van der Waals surface area contributed by atoms with Crippen LogP contribution in [0.1, 0.15) is 113 Å². The van der Waals surface area contributed by atoms with Gasteiger partial charge in [-0.3, -0.25) is 24.0 Å². The highest BCUT2D eigenvalue weighted by Crippen LogP contribution is 2.47. The number of ether oxygens (including phenoxy) is 3. The van der Waals surface area contributed by atoms with Crippen molar-refractivity contribution in [2.75, 3.05) is 41.4 Å². The van der Waals surface area contributed by atoms with Gasteiger partial charge in [-0.25, -0.2) is 9.59 Å². The third-order valence-corrected chi connectivity index (χ3v) is 14.4. The van der Waals surface area contributed by atoms with Crippen LogP contribution in [0, 0.1) is 29.6 Å². The van der Waals surface area contributed by atoms with E-state index in [0.717, 1.165) is 18.4 Å². The molecule has 3 N–H and O–H groups in total. The van der Waals surface area contributed by atoms with Crippen LogP contribution in [0.15, 0.2) is 30.3 Å². The second kappa shape index (κ2) is 24.0. The number of likely N-dealkylation sites (N-methyl/N-ethyl adjacent to an activating group) is 1. The molecule has 17 nitrogen and oxygen atoms in total. The Hall–Kier alpha value is -4.77. The molecule has 3 fully saturated rings. The molecule has 67 heavy (non-hydrogen) atoms. The van der Waals surface area contributed by atoms with Gasteiger partial charge in [-0.15, -0.1) is 0 Å². The van der Waals surface area contributed by atoms with E-state index in [1.165, 1.54) is 19.1 Å². The van der Waals surface area contributed by atoms with Crippen LogP contribution in [-0.4, -0.2) is 162 Å². The molecular formula is C50H80N6O11. The Kier molecular flexibility index (Phi) is 19.6. The number of likely N-dealkylation sites (tertiary alicyclic amines) is 2. The van der Waals surface area contributed by atoms with Crippen molar-refractivity contribution in [1.82, 2.24) is 30.2 Å². The van der Waals surface area contributed by atoms with Gasteiger partial charge in [0.25, 0.3) is 0 Å². The highest BCUT2D eigenvalue weighted by molar-refractivity contribution is 5.93. The van der Waals surface area contributed by atoms with Crippen LogP contribution in [-0.2, 0) is 49.4 Å². The molecule has 3 aliphatic rings. The second-order valence-electron chi connectivity index (χ2n) is 20.5. The maximum atomic E-state index is 14.7. The number of methoxy groups -OCH3 is 2. The predicted octanol–water partition coefficient (Wildman–Crippen LogP) is 4.74. The molecule has 17 heteroatoms. The molecule has 1 saturated carbocycles. The van der Waals surface area contributed by atoms with Crippen LogP contribution in [0.25, 0.3) is 0 Å². The van der Waals surface area contributed by atoms with E-state index in [1.54, 1.807) is 68.6 Å². The quantitative estimate of drug-likeness (QED) is 0.145. The number of aliphatic carboxylic acids is 1. The Morgan fingerprint density at radius 3 is 2.13 bits per heavy atom. The van der Waals surface area contributed by atoms with Gasteiger partial charge in [-0.05, 0) is 75.7 Å². The first-order valence-electron chi connectivity index (χ1n) is 24.2. The highest BCUT2D eigenvalue weighted by atomic mass is 16.6. The lowest BCUT2D eigenvalue weighted by Gasteiger charge is -2.41. The summed E-state index contributed by atoms with van der Waals surface area (Å²) < 4.78 is 17.4. The number of carbonyl (C=O) groups is 7. The molecule has 0 radical (unpaired) electrons. The number of benzene rings is 1. The Labute approximate surface area is 398 Å². The summed E-state index contributed by atoms with van der Waals surface area (Å²) in [6, 6.07) is 5.00. The Bertz CT molecular complexity index is 1880. The van der Waals surface area contributed by atoms with Gasteiger partial charge < -0.3 is 49.6 Å². The minimum absolute atomic E-state index is 0.0134. The molecule has 2 saturated heterocycles. The number of nitrogens with zero attached hydrogens (tertiary/aromatic N) is 4. The first-order valence-corrected chi connectivity index (χ1v) is 24.2. The number of carboxylic acids is 1. The second-order valence-corrected chi connectivity index (χ2v) is 20.5. The van der Waals surface area contributed by atoms with E-state index >= 15 is 0 Å². The van der Waals surface area contributed by atoms with Crippen molar-refractivity contribution in [1.29, 1.82) is 0 Å². The van der Waals surface area contributed by atoms with Gasteiger partial charge in [-0.2, -0.15) is 0 Å². The number of hydrogen-bond acceptors (Lipinski definition) is 10. The fourth-order valence-corrected chi connectivity index (χ4v) is 10.5. The number of amides is 6. The van der Waals surface area contributed by atoms with E-state index in [1.807, 2.05) is 45.9 Å². The van der Waals surface area contributed by atoms with E-state index < -0.39 is 77.8 Å². The number of hydrogen-bond donors (Lipinski definition) is 3. The average molecular weight is 941 g/mol. The smallest absolute Gasteiger partial charge is 0.410 e. The number of carbonyl (C=O) groups excluding carboxylic acids is 6. The maximum absolute atomic E-state index is 14.7. The number of fused-ring (bicyclic) bond motifs is 2. The Balaban J connectivity index is 1.48. The third-order valence-electron chi connectivity index (χ3n) is 14.4. The molecule has 0 spiro atoms. The minimum Gasteiger partial charge on any atom is -0.480 e. The first kappa shape index (κ1) is 54.8. The van der Waals surface area contributed by atoms with Gasteiger partial charge in [-0.1, -0.05) is 78.3 Å². The van der Waals surface area contributed by atoms with Crippen molar-refractivity contribution in [2.45, 2.75) is 168 Å². The van der Waals surface area contributed by atoms with Crippen LogP contribution in [0.3, 0.4) is 0 Å². The summed E-state index contributed by atoms with van der Waals surface area (Å²) in [4.78, 5) is 102. The molecule has 6 amide bonds. The molecule has 12 atom stereocenters. The fourth-order valence-electron chi connectivity index (χ4n) is 10.5. The van der Waals surface area contributed by atoms with E-state index in [-0.39, 0.29) is 73.2 Å². The van der Waals surface area contributed by atoms with Crippen LogP contribution in [0.4, 0.5) is 4.79 Å². The maximum Gasteiger partial charge on any atom is 0.410 e. The number of carboxylic acid groups (broad SMARTS) is 1. The molecule has 2 aliphatic heterocycles. The third kappa shape index (κ3) is 13.5. The van der Waals surface area contributed by atoms with E-state index in [2.05, 4.69) is 17.6 Å². The molecule has 376 valence electrons. The van der Waals surface area contributed by atoms with Gasteiger partial charge >= 0.3 is 12.1 Å². The van der Waals surface area contributed by atoms with Crippen LogP contribution in [0.2, 0.25) is 0 Å². The summed E-state index contributed by atoms with van der Waals surface area (Å²) in [5, 5.41) is 15.7. The zero-order chi connectivity index (χ0) is 50.1. The lowest BCUT2D eigenvalue weighted by atomic mass is 9.89. The average Bonchev–Trinajstić information content (AvgIpc) is 3.99. The lowest BCUT2D eigenvalue weighted by molar-refractivity contribution is -0.149. The zero-order valence-electron chi connectivity index (χ0n) is 42.3. The normalized spacial score (nSPS) is 23.4. The molecule has 4 rings (SSSR count). The molecule has 1 aliphatic carbocycles. The summed E-state index contributed by atoms with van der Waals surface area (Å²) >= 11 is 0. The summed E-state index contributed by atoms with van der Waals surface area (Å²) in [5.41, 5.74) is 0.0778. The Morgan fingerprint density at radius 1 is 0.910 bits per heavy atom. The van der Waals surface area contributed by atoms with Gasteiger partial charge in [0.2, 0.25) is 29.5 Å². The fraction of sp³-hybridized carbons (Fsp3) is 0.740. The van der Waals surface area contributed by atoms with Crippen molar-refractivity contribution in [3.8, 4) is 0 Å². The standard InChI is InChI=1S/C50H80N6O11/c1-14-30(4)42(38(65-12)28-40(58)55-25-18-21-37(55)44(66-13)32(6)45(59)51-35(48(62)63)27-33-19-16-15-17-20-33)54(11)47(61)41(29(2)3)52-46(60)43-34-22-23-36(31(34)5)56(43)39(57)24-26-53(10)49(64)67-50(7,8)9/h15-17,19-20,29-32,34-38,41-44H,14,18,21-28H2,1-13H3,(H,51,59)(H,52,60)(H,62,63)/t30-,31-,32+,34-,35-,36-,37-,38+,41-,42-,43-,44+/m0/s1. The molecular weight excluding hydrogens is 861 g/mol. The molecule has 2 bridgehead atoms. The van der Waals surface area contributed by atoms with Gasteiger partial charge in [0.15, 0.2) is 0 Å². The SMILES string of the molecule is CC[C@H](C)[C@@H]([C@@H](CC(=O)N1CCC[C@H]1[C@H](OC)[C@@H](C)C(=O)N[C@@H](Cc1ccccc1)C(=O)O)OC)N(C)C(=O)[C@@H](NC(=O)[C@@H]1[C@H]2CC[C@@H]([C@H]2C)N1C(=O)CCN(C)C(=O)OC(C)(C)C)C(C)C. The summed E-state index contributed by atoms with van der Waals surface area (Å²) in [6.07, 6.45) is 1.49. The van der Waals surface area contributed by atoms with E-state index in [4.69, 9.17) is 14.2 Å². The monoisotopic (exact) mass is 941 g/mol. The van der Waals surface area contributed by atoms with Crippen molar-refractivity contribution in [3.05, 3.63) is 35.9 Å². The van der Waals surface area contributed by atoms with Crippen LogP contribution in [0.5, 0.6) is 0 Å². The van der Waals surface area contributed by atoms with Crippen molar-refractivity contribution >= 4 is 41.6 Å². The van der Waals surface area contributed by atoms with Crippen molar-refractivity contribution in [3.63, 3.8) is 0 Å². The number of nitrogens with one attached hydrogen (secondary N) is 2. The summed E-state index contributed by atoms with van der Waals surface area (Å²) in [6.45, 7) is 17.3. The zero-order valence-corrected chi connectivity index (χ0v) is 42.3. The summed E-state index contributed by atoms with van der Waals surface area (Å²) in [5.74, 6) is -4.11. The van der Waals surface area contributed by atoms with Crippen molar-refractivity contribution in [2.24, 2.45) is 29.6 Å². The predicted molar refractivity (Wildman–Crippen MR) is 252 cm³/mol. The Morgan fingerprint density at radius 2 is 1.57 bits per heavy atom. The molecule has 2 heterocycles. The highest BCUT2D eigenvalue weighted by Gasteiger charge is 2.56.